The van der Waals surface area contributed by atoms with Gasteiger partial charge in [-0.1, -0.05) is 29.8 Å². The van der Waals surface area contributed by atoms with Crippen LogP contribution in [0.25, 0.3) is 6.08 Å². The fraction of sp³-hybridized carbons (Fsp3) is 0.286. The van der Waals surface area contributed by atoms with E-state index in [1.165, 1.54) is 6.08 Å². The highest BCUT2D eigenvalue weighted by Crippen LogP contribution is 2.16. The summed E-state index contributed by atoms with van der Waals surface area (Å²) in [6.45, 7) is 3.31. The molecular weight excluding hydrogens is 266 g/mol. The third kappa shape index (κ3) is 5.57. The van der Waals surface area contributed by atoms with Crippen molar-refractivity contribution in [1.29, 1.82) is 0 Å². The van der Waals surface area contributed by atoms with Crippen LogP contribution in [0.5, 0.6) is 0 Å². The monoisotopic (exact) mass is 281 g/mol. The summed E-state index contributed by atoms with van der Waals surface area (Å²) in [7, 11) is 0. The molecule has 1 aromatic carbocycles. The van der Waals surface area contributed by atoms with Crippen molar-refractivity contribution in [2.45, 2.75) is 25.8 Å². The summed E-state index contributed by atoms with van der Waals surface area (Å²) >= 11 is 5.95. The van der Waals surface area contributed by atoms with Gasteiger partial charge in [-0.2, -0.15) is 0 Å². The summed E-state index contributed by atoms with van der Waals surface area (Å²) in [5, 5.41) is 11.9. The smallest absolute Gasteiger partial charge is 0.305 e. The van der Waals surface area contributed by atoms with Crippen molar-refractivity contribution < 1.29 is 14.7 Å². The average molecular weight is 282 g/mol. The van der Waals surface area contributed by atoms with E-state index in [4.69, 9.17) is 16.7 Å². The molecule has 0 atom stereocenters. The van der Waals surface area contributed by atoms with Gasteiger partial charge in [0, 0.05) is 16.6 Å². The number of carboxylic acid groups (broad SMARTS) is 1. The van der Waals surface area contributed by atoms with Gasteiger partial charge in [0.1, 0.15) is 0 Å². The zero-order valence-corrected chi connectivity index (χ0v) is 11.6. The van der Waals surface area contributed by atoms with Gasteiger partial charge in [-0.3, -0.25) is 9.59 Å². The number of halogens is 1. The first-order chi connectivity index (χ1) is 8.80. The van der Waals surface area contributed by atoms with E-state index in [-0.39, 0.29) is 12.3 Å². The summed E-state index contributed by atoms with van der Waals surface area (Å²) in [6.07, 6.45) is 2.79. The molecule has 102 valence electrons. The summed E-state index contributed by atoms with van der Waals surface area (Å²) in [4.78, 5) is 22.3. The van der Waals surface area contributed by atoms with Gasteiger partial charge in [0.2, 0.25) is 5.91 Å². The van der Waals surface area contributed by atoms with Gasteiger partial charge >= 0.3 is 5.97 Å². The molecule has 0 bridgehead atoms. The molecule has 5 heteroatoms. The van der Waals surface area contributed by atoms with E-state index in [0.29, 0.717) is 5.02 Å². The Labute approximate surface area is 117 Å². The molecule has 0 saturated carbocycles. The van der Waals surface area contributed by atoms with E-state index < -0.39 is 11.5 Å². The minimum Gasteiger partial charge on any atom is -0.481 e. The van der Waals surface area contributed by atoms with E-state index in [1.54, 1.807) is 38.1 Å². The van der Waals surface area contributed by atoms with Crippen LogP contribution in [0.4, 0.5) is 0 Å². The van der Waals surface area contributed by atoms with E-state index in [0.717, 1.165) is 5.56 Å². The molecule has 2 N–H and O–H groups in total. The minimum atomic E-state index is -0.958. The van der Waals surface area contributed by atoms with Crippen LogP contribution < -0.4 is 5.32 Å². The second-order valence-electron chi connectivity index (χ2n) is 4.80. The van der Waals surface area contributed by atoms with Crippen LogP contribution in [-0.4, -0.2) is 22.5 Å². The number of nitrogens with one attached hydrogen (secondary N) is 1. The molecule has 0 spiro atoms. The van der Waals surface area contributed by atoms with Gasteiger partial charge in [0.25, 0.3) is 0 Å². The number of carboxylic acids is 1. The highest BCUT2D eigenvalue weighted by Gasteiger charge is 2.22. The third-order valence-electron chi connectivity index (χ3n) is 2.37. The zero-order valence-electron chi connectivity index (χ0n) is 10.8. The van der Waals surface area contributed by atoms with E-state index in [2.05, 4.69) is 5.32 Å². The lowest BCUT2D eigenvalue weighted by molar-refractivity contribution is -0.138. The highest BCUT2D eigenvalue weighted by atomic mass is 35.5. The van der Waals surface area contributed by atoms with E-state index in [9.17, 15) is 9.59 Å². The van der Waals surface area contributed by atoms with Crippen LogP contribution in [-0.2, 0) is 9.59 Å². The quantitative estimate of drug-likeness (QED) is 0.816. The number of aliphatic carboxylic acids is 1. The zero-order chi connectivity index (χ0) is 14.5. The Balaban J connectivity index is 2.66. The first-order valence-electron chi connectivity index (χ1n) is 5.77. The molecule has 1 amide bonds. The maximum Gasteiger partial charge on any atom is 0.305 e. The lowest BCUT2D eigenvalue weighted by Crippen LogP contribution is -2.44. The number of hydrogen-bond donors (Lipinski definition) is 2. The van der Waals surface area contributed by atoms with E-state index >= 15 is 0 Å². The van der Waals surface area contributed by atoms with Crippen LogP contribution in [0.1, 0.15) is 25.8 Å². The maximum atomic E-state index is 11.7. The van der Waals surface area contributed by atoms with Crippen molar-refractivity contribution in [2.24, 2.45) is 0 Å². The van der Waals surface area contributed by atoms with Crippen LogP contribution in [0.3, 0.4) is 0 Å². The largest absolute Gasteiger partial charge is 0.481 e. The van der Waals surface area contributed by atoms with Crippen molar-refractivity contribution in [1.82, 2.24) is 5.32 Å². The summed E-state index contributed by atoms with van der Waals surface area (Å²) < 4.78 is 0. The SMILES string of the molecule is CC(C)(CC(=O)O)NC(=O)C=Cc1ccccc1Cl. The molecule has 0 heterocycles. The number of carbonyl (C=O) groups is 2. The lowest BCUT2D eigenvalue weighted by atomic mass is 10.0. The molecule has 1 rings (SSSR count). The highest BCUT2D eigenvalue weighted by molar-refractivity contribution is 6.32. The number of rotatable bonds is 5. The van der Waals surface area contributed by atoms with Gasteiger partial charge in [0.05, 0.1) is 6.42 Å². The Morgan fingerprint density at radius 1 is 1.37 bits per heavy atom. The standard InChI is InChI=1S/C14H16ClNO3/c1-14(2,9-13(18)19)16-12(17)8-7-10-5-3-4-6-11(10)15/h3-8H,9H2,1-2H3,(H,16,17)(H,18,19). The number of hydrogen-bond acceptors (Lipinski definition) is 2. The average Bonchev–Trinajstić information content (AvgIpc) is 2.25. The van der Waals surface area contributed by atoms with Gasteiger partial charge in [-0.05, 0) is 31.6 Å². The Morgan fingerprint density at radius 2 is 2.00 bits per heavy atom. The third-order valence-corrected chi connectivity index (χ3v) is 2.72. The lowest BCUT2D eigenvalue weighted by Gasteiger charge is -2.23. The molecule has 0 radical (unpaired) electrons. The van der Waals surface area contributed by atoms with Gasteiger partial charge < -0.3 is 10.4 Å². The molecule has 0 aromatic heterocycles. The van der Waals surface area contributed by atoms with Crippen molar-refractivity contribution in [3.8, 4) is 0 Å². The fourth-order valence-electron chi connectivity index (χ4n) is 1.57. The predicted molar refractivity (Wildman–Crippen MR) is 75.0 cm³/mol. The summed E-state index contributed by atoms with van der Waals surface area (Å²) in [6, 6.07) is 7.13. The van der Waals surface area contributed by atoms with Crippen molar-refractivity contribution in [2.75, 3.05) is 0 Å². The van der Waals surface area contributed by atoms with Gasteiger partial charge in [-0.25, -0.2) is 0 Å². The van der Waals surface area contributed by atoms with Crippen molar-refractivity contribution >= 4 is 29.6 Å². The number of benzene rings is 1. The molecule has 0 fully saturated rings. The Hall–Kier alpha value is -1.81. The van der Waals surface area contributed by atoms with Crippen LogP contribution in [0, 0.1) is 0 Å². The molecule has 1 aromatic rings. The Morgan fingerprint density at radius 3 is 2.58 bits per heavy atom. The number of carbonyl (C=O) groups excluding carboxylic acids is 1. The van der Waals surface area contributed by atoms with Crippen molar-refractivity contribution in [3.05, 3.63) is 40.9 Å². The predicted octanol–water partition coefficient (Wildman–Crippen LogP) is 2.72. The first kappa shape index (κ1) is 15.2. The first-order valence-corrected chi connectivity index (χ1v) is 6.14. The molecular formula is C14H16ClNO3. The molecule has 0 saturated heterocycles. The van der Waals surface area contributed by atoms with Gasteiger partial charge in [0.15, 0.2) is 0 Å². The van der Waals surface area contributed by atoms with Gasteiger partial charge in [-0.15, -0.1) is 0 Å². The molecule has 0 aliphatic carbocycles. The second-order valence-corrected chi connectivity index (χ2v) is 5.21. The molecule has 4 nitrogen and oxygen atoms in total. The fourth-order valence-corrected chi connectivity index (χ4v) is 1.77. The molecule has 0 unspecified atom stereocenters. The normalized spacial score (nSPS) is 11.5. The summed E-state index contributed by atoms with van der Waals surface area (Å²) in [5.74, 6) is -1.31. The Bertz CT molecular complexity index is 509. The topological polar surface area (TPSA) is 66.4 Å². The van der Waals surface area contributed by atoms with Crippen LogP contribution >= 0.6 is 11.6 Å². The second kappa shape index (κ2) is 6.38. The van der Waals surface area contributed by atoms with E-state index in [1.807, 2.05) is 6.07 Å². The summed E-state index contributed by atoms with van der Waals surface area (Å²) in [5.41, 5.74) is -0.0661. The van der Waals surface area contributed by atoms with Crippen molar-refractivity contribution in [3.63, 3.8) is 0 Å². The molecule has 19 heavy (non-hydrogen) atoms. The minimum absolute atomic E-state index is 0.140. The van der Waals surface area contributed by atoms with Crippen LogP contribution in [0.15, 0.2) is 30.3 Å². The van der Waals surface area contributed by atoms with Crippen LogP contribution in [0.2, 0.25) is 5.02 Å². The molecule has 0 aliphatic rings. The molecule has 0 aliphatic heterocycles. The maximum absolute atomic E-state index is 11.7. The number of amides is 1. The Kier molecular flexibility index (Phi) is 5.12.